The lowest BCUT2D eigenvalue weighted by molar-refractivity contribution is -0.160. The molecule has 2 heterocycles. The van der Waals surface area contributed by atoms with Gasteiger partial charge in [0.25, 0.3) is 0 Å². The van der Waals surface area contributed by atoms with Crippen LogP contribution in [0.3, 0.4) is 0 Å². The number of morpholine rings is 1. The van der Waals surface area contributed by atoms with E-state index in [-0.39, 0.29) is 31.4 Å². The average molecular weight is 318 g/mol. The van der Waals surface area contributed by atoms with Gasteiger partial charge in [0.15, 0.2) is 6.10 Å². The molecule has 1 fully saturated rings. The molecule has 0 bridgehead atoms. The second-order valence-corrected chi connectivity index (χ2v) is 5.75. The summed E-state index contributed by atoms with van der Waals surface area (Å²) in [5.41, 5.74) is 1.53. The van der Waals surface area contributed by atoms with E-state index in [2.05, 4.69) is 0 Å². The van der Waals surface area contributed by atoms with E-state index in [1.807, 2.05) is 24.3 Å². The fourth-order valence-corrected chi connectivity index (χ4v) is 3.08. The summed E-state index contributed by atoms with van der Waals surface area (Å²) in [6, 6.07) is 7.31. The second kappa shape index (κ2) is 6.00. The van der Waals surface area contributed by atoms with Crippen molar-refractivity contribution in [1.82, 2.24) is 4.90 Å². The Kier molecular flexibility index (Phi) is 4.04. The number of carboxylic acids is 1. The molecule has 3 rings (SSSR count). The first-order valence-corrected chi connectivity index (χ1v) is 7.47. The third-order valence-corrected chi connectivity index (χ3v) is 4.38. The van der Waals surface area contributed by atoms with Crippen molar-refractivity contribution in [2.45, 2.75) is 18.4 Å². The molecule has 0 radical (unpaired) electrons. The Morgan fingerprint density at radius 3 is 2.78 bits per heavy atom. The van der Waals surface area contributed by atoms with Crippen LogP contribution in [0.15, 0.2) is 24.3 Å². The summed E-state index contributed by atoms with van der Waals surface area (Å²) in [7, 11) is 1.69. The zero-order valence-corrected chi connectivity index (χ0v) is 12.8. The third kappa shape index (κ3) is 2.79. The zero-order valence-electron chi connectivity index (χ0n) is 12.8. The van der Waals surface area contributed by atoms with Crippen molar-refractivity contribution in [3.8, 4) is 0 Å². The number of hydrogen-bond donors (Lipinski definition) is 1. The number of benzene rings is 1. The molecule has 1 aromatic carbocycles. The topological polar surface area (TPSA) is 87.2 Å². The van der Waals surface area contributed by atoms with Crippen LogP contribution in [0.2, 0.25) is 0 Å². The highest BCUT2D eigenvalue weighted by atomic mass is 16.5. The van der Waals surface area contributed by atoms with Crippen LogP contribution in [0, 0.1) is 0 Å². The number of para-hydroxylation sites is 1. The molecule has 2 aliphatic heterocycles. The summed E-state index contributed by atoms with van der Waals surface area (Å²) in [4.78, 5) is 39.1. The van der Waals surface area contributed by atoms with E-state index in [0.717, 1.165) is 11.3 Å². The molecule has 7 heteroatoms. The van der Waals surface area contributed by atoms with Gasteiger partial charge < -0.3 is 19.6 Å². The van der Waals surface area contributed by atoms with Crippen molar-refractivity contribution in [3.63, 3.8) is 0 Å². The van der Waals surface area contributed by atoms with Crippen molar-refractivity contribution < 1.29 is 24.2 Å². The van der Waals surface area contributed by atoms with Crippen LogP contribution in [0.1, 0.15) is 17.9 Å². The second-order valence-electron chi connectivity index (χ2n) is 5.75. The summed E-state index contributed by atoms with van der Waals surface area (Å²) in [5, 5.41) is 9.06. The molecule has 23 heavy (non-hydrogen) atoms. The predicted octanol–water partition coefficient (Wildman–Crippen LogP) is 0.449. The molecule has 2 amide bonds. The predicted molar refractivity (Wildman–Crippen MR) is 81.2 cm³/mol. The smallest absolute Gasteiger partial charge is 0.334 e. The lowest BCUT2D eigenvalue weighted by Crippen LogP contribution is -2.51. The quantitative estimate of drug-likeness (QED) is 0.855. The summed E-state index contributed by atoms with van der Waals surface area (Å²) >= 11 is 0. The third-order valence-electron chi connectivity index (χ3n) is 4.38. The van der Waals surface area contributed by atoms with Crippen molar-refractivity contribution in [3.05, 3.63) is 29.8 Å². The molecular weight excluding hydrogens is 300 g/mol. The Labute approximate surface area is 133 Å². The van der Waals surface area contributed by atoms with E-state index in [1.165, 1.54) is 4.90 Å². The molecule has 2 atom stereocenters. The van der Waals surface area contributed by atoms with Gasteiger partial charge in [0.05, 0.1) is 19.1 Å². The number of nitrogens with zero attached hydrogens (tertiary/aromatic N) is 2. The molecule has 0 aliphatic carbocycles. The summed E-state index contributed by atoms with van der Waals surface area (Å²) in [6.07, 6.45) is -0.911. The lowest BCUT2D eigenvalue weighted by atomic mass is 9.88. The first kappa shape index (κ1) is 15.5. The van der Waals surface area contributed by atoms with E-state index in [1.54, 1.807) is 11.9 Å². The molecule has 7 nitrogen and oxygen atoms in total. The van der Waals surface area contributed by atoms with Crippen molar-refractivity contribution in [1.29, 1.82) is 0 Å². The van der Waals surface area contributed by atoms with Crippen LogP contribution >= 0.6 is 0 Å². The molecular formula is C16H18N2O5. The van der Waals surface area contributed by atoms with Gasteiger partial charge in [0.2, 0.25) is 11.8 Å². The Morgan fingerprint density at radius 1 is 1.30 bits per heavy atom. The van der Waals surface area contributed by atoms with Gasteiger partial charge in [0.1, 0.15) is 0 Å². The minimum absolute atomic E-state index is 0.0108. The van der Waals surface area contributed by atoms with E-state index in [0.29, 0.717) is 6.54 Å². The highest BCUT2D eigenvalue weighted by Crippen LogP contribution is 2.36. The number of hydrogen-bond acceptors (Lipinski definition) is 4. The molecule has 1 N–H and O–H groups in total. The van der Waals surface area contributed by atoms with Gasteiger partial charge in [-0.1, -0.05) is 18.2 Å². The monoisotopic (exact) mass is 318 g/mol. The van der Waals surface area contributed by atoms with Crippen LogP contribution in [-0.2, 0) is 19.1 Å². The molecule has 0 aromatic heterocycles. The Hall–Kier alpha value is -2.41. The number of carbonyl (C=O) groups is 3. The molecule has 0 saturated carbocycles. The zero-order chi connectivity index (χ0) is 16.6. The Bertz CT molecular complexity index is 660. The van der Waals surface area contributed by atoms with Gasteiger partial charge in [-0.2, -0.15) is 0 Å². The number of amides is 2. The number of rotatable bonds is 2. The van der Waals surface area contributed by atoms with E-state index >= 15 is 0 Å². The standard InChI is InChI=1S/C16H18N2O5/c1-17-12-5-3-2-4-10(12)11(8-14(17)19)15(20)18-6-7-23-13(9-18)16(21)22/h2-5,11,13H,6-9H2,1H3,(H,21,22)/t11-,13-/m1/s1. The largest absolute Gasteiger partial charge is 0.479 e. The number of carboxylic acid groups (broad SMARTS) is 1. The first-order valence-electron chi connectivity index (χ1n) is 7.47. The minimum atomic E-state index is -1.08. The SMILES string of the molecule is CN1C(=O)C[C@@H](C(=O)N2CCO[C@@H](C(=O)O)C2)c2ccccc21. The maximum Gasteiger partial charge on any atom is 0.334 e. The van der Waals surface area contributed by atoms with E-state index in [9.17, 15) is 14.4 Å². The maximum absolute atomic E-state index is 12.8. The van der Waals surface area contributed by atoms with Gasteiger partial charge in [0, 0.05) is 25.7 Å². The molecule has 2 aliphatic rings. The Balaban J connectivity index is 1.86. The number of carbonyl (C=O) groups excluding carboxylic acids is 2. The molecule has 1 aromatic rings. The molecule has 122 valence electrons. The normalized spacial score (nSPS) is 24.3. The van der Waals surface area contributed by atoms with Crippen LogP contribution in [0.4, 0.5) is 5.69 Å². The number of ether oxygens (including phenoxy) is 1. The maximum atomic E-state index is 12.8. The van der Waals surface area contributed by atoms with Crippen LogP contribution in [0.25, 0.3) is 0 Å². The first-order chi connectivity index (χ1) is 11.0. The average Bonchev–Trinajstić information content (AvgIpc) is 2.57. The van der Waals surface area contributed by atoms with Crippen LogP contribution in [0.5, 0.6) is 0 Å². The fourth-order valence-electron chi connectivity index (χ4n) is 3.08. The van der Waals surface area contributed by atoms with E-state index in [4.69, 9.17) is 9.84 Å². The highest BCUT2D eigenvalue weighted by molar-refractivity contribution is 6.02. The van der Waals surface area contributed by atoms with Gasteiger partial charge in [-0.15, -0.1) is 0 Å². The van der Waals surface area contributed by atoms with Crippen LogP contribution < -0.4 is 4.90 Å². The van der Waals surface area contributed by atoms with Gasteiger partial charge >= 0.3 is 5.97 Å². The highest BCUT2D eigenvalue weighted by Gasteiger charge is 2.38. The van der Waals surface area contributed by atoms with Crippen molar-refractivity contribution in [2.75, 3.05) is 31.6 Å². The number of fused-ring (bicyclic) bond motifs is 1. The fraction of sp³-hybridized carbons (Fsp3) is 0.438. The minimum Gasteiger partial charge on any atom is -0.479 e. The Morgan fingerprint density at radius 2 is 2.04 bits per heavy atom. The van der Waals surface area contributed by atoms with Gasteiger partial charge in [-0.05, 0) is 11.6 Å². The van der Waals surface area contributed by atoms with Gasteiger partial charge in [-0.25, -0.2) is 4.79 Å². The number of aliphatic carboxylic acids is 1. The van der Waals surface area contributed by atoms with E-state index < -0.39 is 18.0 Å². The molecule has 0 unspecified atom stereocenters. The lowest BCUT2D eigenvalue weighted by Gasteiger charge is -2.36. The summed E-state index contributed by atoms with van der Waals surface area (Å²) in [5.74, 6) is -1.98. The summed E-state index contributed by atoms with van der Waals surface area (Å²) < 4.78 is 5.15. The van der Waals surface area contributed by atoms with Gasteiger partial charge in [-0.3, -0.25) is 9.59 Å². The summed E-state index contributed by atoms with van der Waals surface area (Å²) in [6.45, 7) is 0.535. The number of anilines is 1. The van der Waals surface area contributed by atoms with Crippen LogP contribution in [-0.4, -0.2) is 60.6 Å². The van der Waals surface area contributed by atoms with Crippen molar-refractivity contribution in [2.24, 2.45) is 0 Å². The van der Waals surface area contributed by atoms with Crippen molar-refractivity contribution >= 4 is 23.5 Å². The molecule has 1 saturated heterocycles. The molecule has 0 spiro atoms.